The lowest BCUT2D eigenvalue weighted by atomic mass is 9.84. The van der Waals surface area contributed by atoms with Gasteiger partial charge in [-0.05, 0) is 67.6 Å². The Morgan fingerprint density at radius 2 is 1.64 bits per heavy atom. The van der Waals surface area contributed by atoms with E-state index in [0.29, 0.717) is 17.9 Å². The van der Waals surface area contributed by atoms with Crippen LogP contribution in [0.4, 0.5) is 5.69 Å². The molecule has 186 valence electrons. The molecule has 0 aliphatic carbocycles. The fourth-order valence-electron chi connectivity index (χ4n) is 4.69. The summed E-state index contributed by atoms with van der Waals surface area (Å²) in [5, 5.41) is 11.6. The van der Waals surface area contributed by atoms with Gasteiger partial charge in [-0.2, -0.15) is 0 Å². The number of ether oxygens (including phenoxy) is 1. The van der Waals surface area contributed by atoms with Gasteiger partial charge in [0, 0.05) is 16.8 Å². The predicted molar refractivity (Wildman–Crippen MR) is 143 cm³/mol. The summed E-state index contributed by atoms with van der Waals surface area (Å²) in [6.45, 7) is 12.6. The van der Waals surface area contributed by atoms with E-state index in [1.165, 1.54) is 4.90 Å². The first-order chi connectivity index (χ1) is 17.0. The van der Waals surface area contributed by atoms with Crippen LogP contribution in [0.25, 0.3) is 5.76 Å². The summed E-state index contributed by atoms with van der Waals surface area (Å²) in [6.07, 6.45) is 0. The second-order valence-corrected chi connectivity index (χ2v) is 10.3. The molecule has 3 aromatic rings. The minimum Gasteiger partial charge on any atom is -0.507 e. The number of amides is 1. The zero-order chi connectivity index (χ0) is 26.2. The quantitative estimate of drug-likeness (QED) is 0.251. The average molecular weight is 484 g/mol. The molecule has 0 spiro atoms. The van der Waals surface area contributed by atoms with Crippen LogP contribution in [0.5, 0.6) is 5.75 Å². The standard InChI is InChI=1S/C31H33NO4/c1-7-36-25-17-14-21(18-24(25)31(4,5)6)28(33)26-27(23-11-9-8-10-20(23)3)32(30(35)29(26)34)22-15-12-19(2)13-16-22/h8-18,27,33H,7H2,1-6H3/b28-26+. The molecule has 1 N–H and O–H groups in total. The number of hydrogen-bond acceptors (Lipinski definition) is 4. The highest BCUT2D eigenvalue weighted by Crippen LogP contribution is 2.44. The maximum Gasteiger partial charge on any atom is 0.300 e. The predicted octanol–water partition coefficient (Wildman–Crippen LogP) is 6.63. The number of anilines is 1. The van der Waals surface area contributed by atoms with Gasteiger partial charge in [0.25, 0.3) is 11.7 Å². The molecule has 3 aromatic carbocycles. The Bertz CT molecular complexity index is 1350. The molecular weight excluding hydrogens is 450 g/mol. The van der Waals surface area contributed by atoms with E-state index in [1.54, 1.807) is 6.07 Å². The van der Waals surface area contributed by atoms with E-state index in [4.69, 9.17) is 4.74 Å². The third-order valence-corrected chi connectivity index (χ3v) is 6.60. The average Bonchev–Trinajstić information content (AvgIpc) is 3.09. The minimum absolute atomic E-state index is 0.0823. The number of carbonyl (C=O) groups is 2. The summed E-state index contributed by atoms with van der Waals surface area (Å²) < 4.78 is 5.83. The SMILES string of the molecule is CCOc1ccc(/C(O)=C2\C(=O)C(=O)N(c3ccc(C)cc3)C2c2ccccc2C)cc1C(C)(C)C. The fourth-order valence-corrected chi connectivity index (χ4v) is 4.69. The number of Topliss-reactive ketones (excluding diaryl/α,β-unsaturated/α-hetero) is 1. The zero-order valence-electron chi connectivity index (χ0n) is 21.8. The molecule has 1 heterocycles. The zero-order valence-corrected chi connectivity index (χ0v) is 21.8. The molecule has 1 saturated heterocycles. The van der Waals surface area contributed by atoms with E-state index in [1.807, 2.05) is 81.4 Å². The molecule has 1 fully saturated rings. The summed E-state index contributed by atoms with van der Waals surface area (Å²) in [5.41, 5.74) is 4.58. The van der Waals surface area contributed by atoms with E-state index < -0.39 is 17.7 Å². The monoisotopic (exact) mass is 483 g/mol. The number of nitrogens with zero attached hydrogens (tertiary/aromatic N) is 1. The Labute approximate surface area is 213 Å². The molecule has 1 aliphatic rings. The van der Waals surface area contributed by atoms with Gasteiger partial charge < -0.3 is 9.84 Å². The van der Waals surface area contributed by atoms with Crippen molar-refractivity contribution in [2.45, 2.75) is 53.0 Å². The number of hydrogen-bond donors (Lipinski definition) is 1. The number of aliphatic hydroxyl groups excluding tert-OH is 1. The van der Waals surface area contributed by atoms with Crippen LogP contribution in [0.1, 0.15) is 61.6 Å². The van der Waals surface area contributed by atoms with Crippen LogP contribution in [-0.2, 0) is 15.0 Å². The van der Waals surface area contributed by atoms with Gasteiger partial charge in [0.1, 0.15) is 11.5 Å². The fraction of sp³-hybridized carbons (Fsp3) is 0.290. The van der Waals surface area contributed by atoms with Crippen molar-refractivity contribution >= 4 is 23.1 Å². The van der Waals surface area contributed by atoms with Crippen molar-refractivity contribution in [3.8, 4) is 5.75 Å². The third-order valence-electron chi connectivity index (χ3n) is 6.60. The Hall–Kier alpha value is -3.86. The second-order valence-electron chi connectivity index (χ2n) is 10.3. The van der Waals surface area contributed by atoms with Crippen LogP contribution in [0, 0.1) is 13.8 Å². The van der Waals surface area contributed by atoms with Gasteiger partial charge in [-0.3, -0.25) is 14.5 Å². The van der Waals surface area contributed by atoms with Crippen molar-refractivity contribution in [3.05, 3.63) is 100 Å². The highest BCUT2D eigenvalue weighted by molar-refractivity contribution is 6.51. The van der Waals surface area contributed by atoms with E-state index in [2.05, 4.69) is 20.8 Å². The van der Waals surface area contributed by atoms with Crippen LogP contribution < -0.4 is 9.64 Å². The van der Waals surface area contributed by atoms with Gasteiger partial charge in [-0.25, -0.2) is 0 Å². The van der Waals surface area contributed by atoms with Crippen LogP contribution in [0.15, 0.2) is 72.3 Å². The van der Waals surface area contributed by atoms with E-state index >= 15 is 0 Å². The lowest BCUT2D eigenvalue weighted by Gasteiger charge is -2.27. The molecule has 5 heteroatoms. The number of rotatable bonds is 5. The molecule has 0 aromatic heterocycles. The maximum atomic E-state index is 13.5. The lowest BCUT2D eigenvalue weighted by molar-refractivity contribution is -0.132. The summed E-state index contributed by atoms with van der Waals surface area (Å²) in [4.78, 5) is 28.4. The first kappa shape index (κ1) is 25.2. The highest BCUT2D eigenvalue weighted by Gasteiger charge is 2.47. The lowest BCUT2D eigenvalue weighted by Crippen LogP contribution is -2.29. The van der Waals surface area contributed by atoms with Gasteiger partial charge in [-0.15, -0.1) is 0 Å². The molecule has 0 saturated carbocycles. The summed E-state index contributed by atoms with van der Waals surface area (Å²) in [5.74, 6) is -0.815. The van der Waals surface area contributed by atoms with Crippen molar-refractivity contribution in [2.75, 3.05) is 11.5 Å². The van der Waals surface area contributed by atoms with Crippen LogP contribution >= 0.6 is 0 Å². The molecule has 1 atom stereocenters. The van der Waals surface area contributed by atoms with Crippen molar-refractivity contribution in [3.63, 3.8) is 0 Å². The topological polar surface area (TPSA) is 66.8 Å². The van der Waals surface area contributed by atoms with Crippen molar-refractivity contribution in [1.29, 1.82) is 0 Å². The first-order valence-corrected chi connectivity index (χ1v) is 12.3. The molecule has 5 nitrogen and oxygen atoms in total. The molecule has 4 rings (SSSR count). The smallest absolute Gasteiger partial charge is 0.300 e. The molecule has 1 unspecified atom stereocenters. The minimum atomic E-state index is -0.751. The van der Waals surface area contributed by atoms with Gasteiger partial charge in [0.05, 0.1) is 18.2 Å². The normalized spacial score (nSPS) is 17.5. The van der Waals surface area contributed by atoms with E-state index in [0.717, 1.165) is 28.0 Å². The van der Waals surface area contributed by atoms with E-state index in [-0.39, 0.29) is 16.7 Å². The van der Waals surface area contributed by atoms with Crippen molar-refractivity contribution in [1.82, 2.24) is 0 Å². The molecule has 0 radical (unpaired) electrons. The van der Waals surface area contributed by atoms with Gasteiger partial charge in [-0.1, -0.05) is 62.7 Å². The van der Waals surface area contributed by atoms with Gasteiger partial charge >= 0.3 is 0 Å². The Morgan fingerprint density at radius 3 is 2.25 bits per heavy atom. The summed E-state index contributed by atoms with van der Waals surface area (Å²) >= 11 is 0. The van der Waals surface area contributed by atoms with Crippen LogP contribution in [-0.4, -0.2) is 23.4 Å². The van der Waals surface area contributed by atoms with Crippen molar-refractivity contribution in [2.24, 2.45) is 0 Å². The third kappa shape index (κ3) is 4.53. The number of aliphatic hydroxyl groups is 1. The second kappa shape index (κ2) is 9.65. The van der Waals surface area contributed by atoms with Crippen molar-refractivity contribution < 1.29 is 19.4 Å². The number of benzene rings is 3. The van der Waals surface area contributed by atoms with Gasteiger partial charge in [0.15, 0.2) is 0 Å². The van der Waals surface area contributed by atoms with Crippen LogP contribution in [0.2, 0.25) is 0 Å². The summed E-state index contributed by atoms with van der Waals surface area (Å²) in [7, 11) is 0. The van der Waals surface area contributed by atoms with E-state index in [9.17, 15) is 14.7 Å². The molecule has 0 bridgehead atoms. The Morgan fingerprint density at radius 1 is 0.972 bits per heavy atom. The number of aryl methyl sites for hydroxylation is 2. The Kier molecular flexibility index (Phi) is 6.77. The molecular formula is C31H33NO4. The van der Waals surface area contributed by atoms with Crippen LogP contribution in [0.3, 0.4) is 0 Å². The number of ketones is 1. The number of carbonyl (C=O) groups excluding carboxylic acids is 2. The molecule has 36 heavy (non-hydrogen) atoms. The van der Waals surface area contributed by atoms with Gasteiger partial charge in [0.2, 0.25) is 0 Å². The molecule has 1 amide bonds. The highest BCUT2D eigenvalue weighted by atomic mass is 16.5. The molecule has 1 aliphatic heterocycles. The first-order valence-electron chi connectivity index (χ1n) is 12.3. The summed E-state index contributed by atoms with van der Waals surface area (Å²) in [6, 6.07) is 19.8. The maximum absolute atomic E-state index is 13.5. The largest absolute Gasteiger partial charge is 0.507 e. The Balaban J connectivity index is 1.96.